The van der Waals surface area contributed by atoms with E-state index in [0.717, 1.165) is 6.07 Å². The number of nitrogens with zero attached hydrogens (tertiary/aromatic N) is 3. The summed E-state index contributed by atoms with van der Waals surface area (Å²) in [5, 5.41) is 32.4. The Balaban J connectivity index is 1.51. The van der Waals surface area contributed by atoms with Crippen LogP contribution < -0.4 is 5.32 Å². The maximum atomic E-state index is 13.0. The molecule has 4 N–H and O–H groups in total. The fourth-order valence-electron chi connectivity index (χ4n) is 4.36. The second-order valence-electron chi connectivity index (χ2n) is 8.71. The highest BCUT2D eigenvalue weighted by Gasteiger charge is 2.32. The number of hydrogen-bond acceptors (Lipinski definition) is 8. The number of phenols is 1. The van der Waals surface area contributed by atoms with E-state index < -0.39 is 29.6 Å². The SMILES string of the molecule is Cc1cc(C(F)(F)F)cc(O)c1-c1ccc2oc(N[C@@H]3C[C@H](O)CN(CCCC(=O)O)C3)nc2n1. The monoisotopic (exact) mass is 494 g/mol. The van der Waals surface area contributed by atoms with Crippen molar-refractivity contribution in [3.8, 4) is 17.0 Å². The van der Waals surface area contributed by atoms with Crippen LogP contribution >= 0.6 is 0 Å². The molecule has 1 aliphatic rings. The van der Waals surface area contributed by atoms with Crippen molar-refractivity contribution in [3.63, 3.8) is 0 Å². The van der Waals surface area contributed by atoms with E-state index in [0.29, 0.717) is 44.1 Å². The number of phenolic OH excluding ortho intramolecular Hbond substituents is 1. The first-order valence-corrected chi connectivity index (χ1v) is 11.1. The Hall–Kier alpha value is -3.38. The van der Waals surface area contributed by atoms with Gasteiger partial charge in [0.2, 0.25) is 5.65 Å². The average Bonchev–Trinajstić information content (AvgIpc) is 3.13. The molecule has 3 heterocycles. The molecule has 3 aromatic rings. The normalized spacial score (nSPS) is 19.2. The number of rotatable bonds is 7. The van der Waals surface area contributed by atoms with Crippen LogP contribution in [0.2, 0.25) is 0 Å². The van der Waals surface area contributed by atoms with Gasteiger partial charge in [0.15, 0.2) is 5.58 Å². The number of aliphatic hydroxyl groups is 1. The number of nitrogens with one attached hydrogen (secondary N) is 1. The number of anilines is 1. The van der Waals surface area contributed by atoms with Gasteiger partial charge in [-0.2, -0.15) is 18.2 Å². The van der Waals surface area contributed by atoms with Gasteiger partial charge in [0.1, 0.15) is 5.75 Å². The number of benzene rings is 1. The quantitative estimate of drug-likeness (QED) is 0.389. The zero-order chi connectivity index (χ0) is 25.3. The highest BCUT2D eigenvalue weighted by atomic mass is 19.4. The predicted molar refractivity (Wildman–Crippen MR) is 120 cm³/mol. The highest BCUT2D eigenvalue weighted by molar-refractivity contribution is 5.78. The molecule has 35 heavy (non-hydrogen) atoms. The van der Waals surface area contributed by atoms with E-state index in [4.69, 9.17) is 9.52 Å². The number of hydrogen-bond donors (Lipinski definition) is 4. The van der Waals surface area contributed by atoms with Gasteiger partial charge in [-0.25, -0.2) is 4.98 Å². The first-order valence-electron chi connectivity index (χ1n) is 11.1. The van der Waals surface area contributed by atoms with Crippen LogP contribution in [0, 0.1) is 6.92 Å². The van der Waals surface area contributed by atoms with E-state index in [1.807, 2.05) is 4.90 Å². The molecule has 1 saturated heterocycles. The fourth-order valence-corrected chi connectivity index (χ4v) is 4.36. The van der Waals surface area contributed by atoms with Crippen LogP contribution in [-0.2, 0) is 11.0 Å². The number of piperidine rings is 1. The summed E-state index contributed by atoms with van der Waals surface area (Å²) < 4.78 is 44.8. The van der Waals surface area contributed by atoms with Gasteiger partial charge in [-0.05, 0) is 56.1 Å². The molecule has 9 nitrogen and oxygen atoms in total. The van der Waals surface area contributed by atoms with E-state index >= 15 is 0 Å². The van der Waals surface area contributed by atoms with Crippen LogP contribution in [0.3, 0.4) is 0 Å². The first-order chi connectivity index (χ1) is 16.5. The molecule has 12 heteroatoms. The minimum atomic E-state index is -4.58. The number of aliphatic hydroxyl groups excluding tert-OH is 1. The third kappa shape index (κ3) is 5.82. The number of aliphatic carboxylic acids is 1. The third-order valence-corrected chi connectivity index (χ3v) is 5.85. The Kier molecular flexibility index (Phi) is 6.86. The molecule has 1 aromatic carbocycles. The maximum absolute atomic E-state index is 13.0. The zero-order valence-corrected chi connectivity index (χ0v) is 18.8. The molecule has 2 atom stereocenters. The van der Waals surface area contributed by atoms with Crippen LogP contribution in [0.4, 0.5) is 19.2 Å². The van der Waals surface area contributed by atoms with E-state index in [9.17, 15) is 28.2 Å². The second-order valence-corrected chi connectivity index (χ2v) is 8.71. The molecule has 1 aliphatic heterocycles. The van der Waals surface area contributed by atoms with Crippen molar-refractivity contribution in [1.29, 1.82) is 0 Å². The van der Waals surface area contributed by atoms with E-state index in [-0.39, 0.29) is 40.9 Å². The van der Waals surface area contributed by atoms with Crippen LogP contribution in [0.25, 0.3) is 22.5 Å². The van der Waals surface area contributed by atoms with E-state index in [1.165, 1.54) is 13.0 Å². The number of likely N-dealkylation sites (tertiary alicyclic amines) is 1. The lowest BCUT2D eigenvalue weighted by Crippen LogP contribution is -2.48. The molecule has 2 aromatic heterocycles. The van der Waals surface area contributed by atoms with Gasteiger partial charge >= 0.3 is 12.1 Å². The topological polar surface area (TPSA) is 132 Å². The predicted octanol–water partition coefficient (Wildman–Crippen LogP) is 3.63. The number of alkyl halides is 3. The average molecular weight is 494 g/mol. The third-order valence-electron chi connectivity index (χ3n) is 5.85. The van der Waals surface area contributed by atoms with Crippen LogP contribution in [0.5, 0.6) is 5.75 Å². The number of aryl methyl sites for hydroxylation is 1. The molecule has 0 unspecified atom stereocenters. The number of carboxylic acids is 1. The van der Waals surface area contributed by atoms with Gasteiger partial charge in [0, 0.05) is 31.1 Å². The molecule has 0 aliphatic carbocycles. The summed E-state index contributed by atoms with van der Waals surface area (Å²) in [5.74, 6) is -1.40. The van der Waals surface area contributed by atoms with Crippen molar-refractivity contribution in [2.45, 2.75) is 44.5 Å². The number of β-amino-alcohol motifs (C(OH)–C–C–N with tert-alkyl or cyclic N) is 1. The van der Waals surface area contributed by atoms with Crippen molar-refractivity contribution in [1.82, 2.24) is 14.9 Å². The lowest BCUT2D eigenvalue weighted by Gasteiger charge is -2.35. The molecule has 0 bridgehead atoms. The molecule has 188 valence electrons. The minimum absolute atomic E-state index is 0.0534. The summed E-state index contributed by atoms with van der Waals surface area (Å²) in [4.78, 5) is 21.4. The highest BCUT2D eigenvalue weighted by Crippen LogP contribution is 2.39. The van der Waals surface area contributed by atoms with Gasteiger partial charge in [-0.1, -0.05) is 0 Å². The summed E-state index contributed by atoms with van der Waals surface area (Å²) in [6, 6.07) is 4.69. The first kappa shape index (κ1) is 24.7. The summed E-state index contributed by atoms with van der Waals surface area (Å²) in [5.41, 5.74) is 0.235. The van der Waals surface area contributed by atoms with E-state index in [2.05, 4.69) is 15.3 Å². The Morgan fingerprint density at radius 2 is 2.03 bits per heavy atom. The van der Waals surface area contributed by atoms with Gasteiger partial charge in [-0.15, -0.1) is 0 Å². The Bertz CT molecular complexity index is 1210. The second kappa shape index (κ2) is 9.70. The van der Waals surface area contributed by atoms with Gasteiger partial charge < -0.3 is 25.1 Å². The zero-order valence-electron chi connectivity index (χ0n) is 18.8. The summed E-state index contributed by atoms with van der Waals surface area (Å²) in [6.45, 7) is 3.01. The number of aromatic hydroxyl groups is 1. The summed E-state index contributed by atoms with van der Waals surface area (Å²) in [7, 11) is 0. The van der Waals surface area contributed by atoms with Crippen molar-refractivity contribution >= 4 is 23.2 Å². The van der Waals surface area contributed by atoms with Crippen molar-refractivity contribution in [2.24, 2.45) is 0 Å². The van der Waals surface area contributed by atoms with Gasteiger partial charge in [0.25, 0.3) is 6.01 Å². The molecule has 4 rings (SSSR count). The number of carbonyl (C=O) groups is 1. The molecule has 0 amide bonds. The molecule has 0 saturated carbocycles. The molecule has 0 spiro atoms. The number of halogens is 3. The Morgan fingerprint density at radius 3 is 2.71 bits per heavy atom. The van der Waals surface area contributed by atoms with E-state index in [1.54, 1.807) is 6.07 Å². The molecule has 1 fully saturated rings. The van der Waals surface area contributed by atoms with Crippen molar-refractivity contribution in [2.75, 3.05) is 25.0 Å². The van der Waals surface area contributed by atoms with Crippen LogP contribution in [0.1, 0.15) is 30.4 Å². The van der Waals surface area contributed by atoms with Gasteiger partial charge in [0.05, 0.1) is 17.4 Å². The van der Waals surface area contributed by atoms with Crippen LogP contribution in [-0.4, -0.2) is 67.9 Å². The van der Waals surface area contributed by atoms with Crippen molar-refractivity contribution < 1.29 is 37.7 Å². The lowest BCUT2D eigenvalue weighted by molar-refractivity contribution is -0.138. The number of fused-ring (bicyclic) bond motifs is 1. The molecular weight excluding hydrogens is 469 g/mol. The fraction of sp³-hybridized carbons (Fsp3) is 0.435. The number of carboxylic acid groups (broad SMARTS) is 1. The smallest absolute Gasteiger partial charge is 0.416 e. The maximum Gasteiger partial charge on any atom is 0.416 e. The number of oxazole rings is 1. The standard InChI is InChI=1S/C23H25F3N4O5/c1-12-7-13(23(24,25)26)8-17(32)20(12)16-4-5-18-21(28-16)29-22(35-18)27-14-9-15(31)11-30(10-14)6-2-3-19(33)34/h4-5,7-8,14-15,31-32H,2-3,6,9-11H2,1H3,(H,33,34)(H,27,28,29)/t14-,15+/m1/s1. The summed E-state index contributed by atoms with van der Waals surface area (Å²) in [6.07, 6.45) is -4.20. The van der Waals surface area contributed by atoms with Crippen molar-refractivity contribution in [3.05, 3.63) is 35.4 Å². The Morgan fingerprint density at radius 1 is 1.26 bits per heavy atom. The number of aromatic nitrogens is 2. The molecule has 0 radical (unpaired) electrons. The Labute approximate surface area is 198 Å². The number of pyridine rings is 1. The van der Waals surface area contributed by atoms with Gasteiger partial charge in [-0.3, -0.25) is 9.69 Å². The largest absolute Gasteiger partial charge is 0.507 e. The molecular formula is C23H25F3N4O5. The lowest BCUT2D eigenvalue weighted by atomic mass is 10.0. The van der Waals surface area contributed by atoms with Crippen LogP contribution in [0.15, 0.2) is 28.7 Å². The summed E-state index contributed by atoms with van der Waals surface area (Å²) >= 11 is 0. The minimum Gasteiger partial charge on any atom is -0.507 e.